The molecule has 0 aliphatic carbocycles. The average Bonchev–Trinajstić information content (AvgIpc) is 2.43. The number of benzene rings is 2. The molecule has 2 aromatic rings. The predicted octanol–water partition coefficient (Wildman–Crippen LogP) is 5.04. The van der Waals surface area contributed by atoms with Gasteiger partial charge in [0.05, 0.1) is 23.3 Å². The number of methoxy groups -OCH3 is 1. The van der Waals surface area contributed by atoms with Crippen LogP contribution in [-0.4, -0.2) is 12.2 Å². The van der Waals surface area contributed by atoms with Gasteiger partial charge in [-0.15, -0.1) is 0 Å². The van der Waals surface area contributed by atoms with Crippen molar-refractivity contribution in [2.45, 2.75) is 12.5 Å². The SMILES string of the molecule is COc1ccc(Br)c(C(O)Cc2ccc(Cl)c(Cl)c2)c1. The van der Waals surface area contributed by atoms with Gasteiger partial charge >= 0.3 is 0 Å². The van der Waals surface area contributed by atoms with E-state index in [2.05, 4.69) is 15.9 Å². The van der Waals surface area contributed by atoms with Crippen molar-refractivity contribution in [3.63, 3.8) is 0 Å². The van der Waals surface area contributed by atoms with Gasteiger partial charge in [0.25, 0.3) is 0 Å². The van der Waals surface area contributed by atoms with E-state index in [4.69, 9.17) is 27.9 Å². The molecule has 0 radical (unpaired) electrons. The maximum Gasteiger partial charge on any atom is 0.119 e. The Kier molecular flexibility index (Phi) is 5.33. The summed E-state index contributed by atoms with van der Waals surface area (Å²) in [6, 6.07) is 10.8. The molecule has 2 aromatic carbocycles. The van der Waals surface area contributed by atoms with Crippen molar-refractivity contribution in [2.24, 2.45) is 0 Å². The molecule has 0 bridgehead atoms. The fourth-order valence-corrected chi connectivity index (χ4v) is 2.74. The molecule has 1 unspecified atom stereocenters. The van der Waals surface area contributed by atoms with Crippen LogP contribution in [0.25, 0.3) is 0 Å². The molecule has 106 valence electrons. The number of aliphatic hydroxyl groups is 1. The highest BCUT2D eigenvalue weighted by molar-refractivity contribution is 9.10. The molecule has 2 nitrogen and oxygen atoms in total. The number of ether oxygens (including phenoxy) is 1. The summed E-state index contributed by atoms with van der Waals surface area (Å²) in [4.78, 5) is 0. The van der Waals surface area contributed by atoms with Gasteiger partial charge in [0.15, 0.2) is 0 Å². The number of halogens is 3. The minimum absolute atomic E-state index is 0.447. The molecule has 0 saturated carbocycles. The standard InChI is InChI=1S/C15H13BrCl2O2/c1-20-10-3-4-12(16)11(8-10)15(19)7-9-2-5-13(17)14(18)6-9/h2-6,8,15,19H,7H2,1H3. The fraction of sp³-hybridized carbons (Fsp3) is 0.200. The summed E-state index contributed by atoms with van der Waals surface area (Å²) in [5, 5.41) is 11.4. The van der Waals surface area contributed by atoms with E-state index in [0.29, 0.717) is 22.2 Å². The third-order valence-electron chi connectivity index (χ3n) is 2.98. The third-order valence-corrected chi connectivity index (χ3v) is 4.44. The van der Waals surface area contributed by atoms with Gasteiger partial charge in [0.1, 0.15) is 5.75 Å². The quantitative estimate of drug-likeness (QED) is 0.810. The molecule has 0 fully saturated rings. The van der Waals surface area contributed by atoms with Gasteiger partial charge in [0.2, 0.25) is 0 Å². The monoisotopic (exact) mass is 374 g/mol. The second kappa shape index (κ2) is 6.81. The number of aliphatic hydroxyl groups excluding tert-OH is 1. The molecule has 0 heterocycles. The Bertz CT molecular complexity index is 617. The van der Waals surface area contributed by atoms with Crippen LogP contribution in [0.1, 0.15) is 17.2 Å². The maximum atomic E-state index is 10.4. The Hall–Kier alpha value is -0.740. The smallest absolute Gasteiger partial charge is 0.119 e. The van der Waals surface area contributed by atoms with Crippen LogP contribution >= 0.6 is 39.1 Å². The molecule has 2 rings (SSSR count). The van der Waals surface area contributed by atoms with Gasteiger partial charge in [-0.2, -0.15) is 0 Å². The number of rotatable bonds is 4. The van der Waals surface area contributed by atoms with Gasteiger partial charge in [-0.3, -0.25) is 0 Å². The van der Waals surface area contributed by atoms with E-state index in [1.165, 1.54) is 0 Å². The molecule has 20 heavy (non-hydrogen) atoms. The fourth-order valence-electron chi connectivity index (χ4n) is 1.90. The Labute approximate surface area is 136 Å². The zero-order valence-corrected chi connectivity index (χ0v) is 13.8. The third kappa shape index (κ3) is 3.67. The van der Waals surface area contributed by atoms with Crippen molar-refractivity contribution in [2.75, 3.05) is 7.11 Å². The van der Waals surface area contributed by atoms with Crippen LogP contribution in [0.15, 0.2) is 40.9 Å². The van der Waals surface area contributed by atoms with E-state index in [1.54, 1.807) is 19.2 Å². The van der Waals surface area contributed by atoms with Gasteiger partial charge in [-0.05, 0) is 41.5 Å². The zero-order chi connectivity index (χ0) is 14.7. The van der Waals surface area contributed by atoms with Gasteiger partial charge in [0, 0.05) is 10.9 Å². The molecule has 0 saturated heterocycles. The van der Waals surface area contributed by atoms with Crippen LogP contribution in [0.5, 0.6) is 5.75 Å². The zero-order valence-electron chi connectivity index (χ0n) is 10.7. The highest BCUT2D eigenvalue weighted by atomic mass is 79.9. The van der Waals surface area contributed by atoms with E-state index in [-0.39, 0.29) is 0 Å². The first-order valence-electron chi connectivity index (χ1n) is 5.96. The summed E-state index contributed by atoms with van der Waals surface area (Å²) < 4.78 is 6.01. The second-order valence-corrected chi connectivity index (χ2v) is 6.02. The van der Waals surface area contributed by atoms with Crippen LogP contribution in [0, 0.1) is 0 Å². The largest absolute Gasteiger partial charge is 0.497 e. The Morgan fingerprint density at radius 3 is 2.55 bits per heavy atom. The minimum atomic E-state index is -0.656. The second-order valence-electron chi connectivity index (χ2n) is 4.36. The van der Waals surface area contributed by atoms with E-state index in [0.717, 1.165) is 15.6 Å². The first kappa shape index (κ1) is 15.6. The molecule has 0 amide bonds. The highest BCUT2D eigenvalue weighted by Crippen LogP contribution is 2.31. The lowest BCUT2D eigenvalue weighted by molar-refractivity contribution is 0.177. The van der Waals surface area contributed by atoms with E-state index >= 15 is 0 Å². The lowest BCUT2D eigenvalue weighted by Gasteiger charge is -2.14. The minimum Gasteiger partial charge on any atom is -0.497 e. The van der Waals surface area contributed by atoms with Crippen LogP contribution in [-0.2, 0) is 6.42 Å². The van der Waals surface area contributed by atoms with Crippen molar-refractivity contribution in [3.05, 3.63) is 62.0 Å². The summed E-state index contributed by atoms with van der Waals surface area (Å²) in [5.41, 5.74) is 1.69. The predicted molar refractivity (Wildman–Crippen MR) is 85.8 cm³/mol. The molecule has 5 heteroatoms. The highest BCUT2D eigenvalue weighted by Gasteiger charge is 2.14. The van der Waals surface area contributed by atoms with E-state index < -0.39 is 6.10 Å². The molecule has 0 aliphatic rings. The van der Waals surface area contributed by atoms with Crippen LogP contribution in [0.2, 0.25) is 10.0 Å². The van der Waals surface area contributed by atoms with Crippen molar-refractivity contribution in [1.82, 2.24) is 0 Å². The van der Waals surface area contributed by atoms with Crippen molar-refractivity contribution >= 4 is 39.1 Å². The topological polar surface area (TPSA) is 29.5 Å². The van der Waals surface area contributed by atoms with E-state index in [1.807, 2.05) is 24.3 Å². The maximum absolute atomic E-state index is 10.4. The van der Waals surface area contributed by atoms with Crippen LogP contribution in [0.3, 0.4) is 0 Å². The van der Waals surface area contributed by atoms with Gasteiger partial charge in [-0.1, -0.05) is 45.2 Å². The first-order chi connectivity index (χ1) is 9.51. The molecule has 1 atom stereocenters. The van der Waals surface area contributed by atoms with Crippen molar-refractivity contribution in [3.8, 4) is 5.75 Å². The summed E-state index contributed by atoms with van der Waals surface area (Å²) >= 11 is 15.3. The van der Waals surface area contributed by atoms with Crippen molar-refractivity contribution < 1.29 is 9.84 Å². The van der Waals surface area contributed by atoms with Crippen LogP contribution < -0.4 is 4.74 Å². The number of hydrogen-bond acceptors (Lipinski definition) is 2. The Balaban J connectivity index is 2.23. The summed E-state index contributed by atoms with van der Waals surface area (Å²) in [7, 11) is 1.60. The molecular formula is C15H13BrCl2O2. The lowest BCUT2D eigenvalue weighted by Crippen LogP contribution is -2.03. The summed E-state index contributed by atoms with van der Waals surface area (Å²) in [6.45, 7) is 0. The Morgan fingerprint density at radius 2 is 1.90 bits per heavy atom. The van der Waals surface area contributed by atoms with Crippen LogP contribution in [0.4, 0.5) is 0 Å². The first-order valence-corrected chi connectivity index (χ1v) is 7.51. The molecule has 0 aromatic heterocycles. The average molecular weight is 376 g/mol. The molecule has 0 spiro atoms. The Morgan fingerprint density at radius 1 is 1.15 bits per heavy atom. The van der Waals surface area contributed by atoms with Gasteiger partial charge in [-0.25, -0.2) is 0 Å². The molecular weight excluding hydrogens is 363 g/mol. The van der Waals surface area contributed by atoms with E-state index in [9.17, 15) is 5.11 Å². The van der Waals surface area contributed by atoms with Crippen molar-refractivity contribution in [1.29, 1.82) is 0 Å². The lowest BCUT2D eigenvalue weighted by atomic mass is 10.0. The summed E-state index contributed by atoms with van der Waals surface area (Å²) in [6.07, 6.45) is -0.209. The molecule has 1 N–H and O–H groups in total. The summed E-state index contributed by atoms with van der Waals surface area (Å²) in [5.74, 6) is 0.705. The van der Waals surface area contributed by atoms with Gasteiger partial charge < -0.3 is 9.84 Å². The molecule has 0 aliphatic heterocycles. The number of hydrogen-bond donors (Lipinski definition) is 1. The normalized spacial score (nSPS) is 12.2.